The highest BCUT2D eigenvalue weighted by Crippen LogP contribution is 2.17. The predicted molar refractivity (Wildman–Crippen MR) is 81.0 cm³/mol. The number of ketones is 1. The second kappa shape index (κ2) is 11.3. The molecule has 6 heteroatoms. The van der Waals surface area contributed by atoms with E-state index in [-0.39, 0.29) is 24.1 Å². The van der Waals surface area contributed by atoms with E-state index in [1.54, 1.807) is 0 Å². The lowest BCUT2D eigenvalue weighted by atomic mass is 9.90. The molecule has 0 aliphatic rings. The monoisotopic (exact) mass is 284 g/mol. The van der Waals surface area contributed by atoms with Crippen LogP contribution in [0.25, 0.3) is 0 Å². The Bertz CT molecular complexity index is 325. The van der Waals surface area contributed by atoms with Crippen LogP contribution in [0.15, 0.2) is 4.99 Å². The lowest BCUT2D eigenvalue weighted by Crippen LogP contribution is -2.23. The molecule has 116 valence electrons. The number of amides is 1. The lowest BCUT2D eigenvalue weighted by Gasteiger charge is -2.13. The maximum absolute atomic E-state index is 12.1. The first kappa shape index (κ1) is 18.4. The molecule has 0 aromatic carbocycles. The van der Waals surface area contributed by atoms with Gasteiger partial charge in [0, 0.05) is 25.3 Å². The summed E-state index contributed by atoms with van der Waals surface area (Å²) in [6.07, 6.45) is 5.98. The maximum Gasteiger partial charge on any atom is 0.218 e. The van der Waals surface area contributed by atoms with Crippen LogP contribution in [0.1, 0.15) is 58.3 Å². The molecule has 0 saturated heterocycles. The number of nitrogens with two attached hydrogens (primary N) is 3. The van der Waals surface area contributed by atoms with Crippen molar-refractivity contribution in [3.05, 3.63) is 0 Å². The molecule has 0 bridgehead atoms. The van der Waals surface area contributed by atoms with Crippen LogP contribution in [-0.2, 0) is 9.59 Å². The third-order valence-corrected chi connectivity index (χ3v) is 3.18. The Kier molecular flexibility index (Phi) is 10.4. The fourth-order valence-electron chi connectivity index (χ4n) is 2.08. The number of carbonyl (C=O) groups excluding carboxylic acids is 2. The summed E-state index contributed by atoms with van der Waals surface area (Å²) in [5.74, 6) is -0.431. The molecule has 1 amide bonds. The van der Waals surface area contributed by atoms with Crippen molar-refractivity contribution in [3.8, 4) is 0 Å². The van der Waals surface area contributed by atoms with E-state index in [0.29, 0.717) is 19.4 Å². The van der Waals surface area contributed by atoms with Gasteiger partial charge in [-0.25, -0.2) is 0 Å². The zero-order chi connectivity index (χ0) is 15.4. The van der Waals surface area contributed by atoms with E-state index in [1.165, 1.54) is 0 Å². The quantitative estimate of drug-likeness (QED) is 0.281. The standard InChI is InChI=1S/C14H28N4O2/c1-2-3-4-8-12(19)11(10-13(15)20)7-5-6-9-18-14(16)17/h11H,2-10H2,1H3,(H2,15,20)(H4,16,17,18)/t11-/m0/s1. The Labute approximate surface area is 121 Å². The van der Waals surface area contributed by atoms with E-state index in [1.807, 2.05) is 0 Å². The van der Waals surface area contributed by atoms with E-state index in [9.17, 15) is 9.59 Å². The normalized spacial score (nSPS) is 11.8. The first-order chi connectivity index (χ1) is 9.47. The number of aliphatic imine (C=N–C) groups is 1. The van der Waals surface area contributed by atoms with Gasteiger partial charge < -0.3 is 17.2 Å². The average molecular weight is 284 g/mol. The molecule has 0 aromatic rings. The van der Waals surface area contributed by atoms with Gasteiger partial charge in [-0.15, -0.1) is 0 Å². The van der Waals surface area contributed by atoms with E-state index < -0.39 is 5.91 Å². The number of unbranched alkanes of at least 4 members (excludes halogenated alkanes) is 3. The number of carbonyl (C=O) groups is 2. The minimum Gasteiger partial charge on any atom is -0.370 e. The Balaban J connectivity index is 4.10. The van der Waals surface area contributed by atoms with Gasteiger partial charge >= 0.3 is 0 Å². The van der Waals surface area contributed by atoms with Gasteiger partial charge in [0.2, 0.25) is 5.91 Å². The van der Waals surface area contributed by atoms with Crippen LogP contribution in [0.4, 0.5) is 0 Å². The van der Waals surface area contributed by atoms with E-state index in [2.05, 4.69) is 11.9 Å². The van der Waals surface area contributed by atoms with Crippen LogP contribution < -0.4 is 17.2 Å². The molecule has 0 aliphatic carbocycles. The van der Waals surface area contributed by atoms with Crippen molar-refractivity contribution in [2.24, 2.45) is 28.1 Å². The first-order valence-corrected chi connectivity index (χ1v) is 7.33. The van der Waals surface area contributed by atoms with Crippen LogP contribution in [0, 0.1) is 5.92 Å². The van der Waals surface area contributed by atoms with Crippen molar-refractivity contribution < 1.29 is 9.59 Å². The van der Waals surface area contributed by atoms with Crippen molar-refractivity contribution in [2.75, 3.05) is 6.54 Å². The molecule has 0 fully saturated rings. The molecule has 1 atom stereocenters. The topological polar surface area (TPSA) is 125 Å². The zero-order valence-electron chi connectivity index (χ0n) is 12.4. The number of hydrogen-bond acceptors (Lipinski definition) is 3. The highest BCUT2D eigenvalue weighted by Gasteiger charge is 2.19. The largest absolute Gasteiger partial charge is 0.370 e. The van der Waals surface area contributed by atoms with E-state index in [4.69, 9.17) is 17.2 Å². The van der Waals surface area contributed by atoms with Gasteiger partial charge in [0.25, 0.3) is 0 Å². The first-order valence-electron chi connectivity index (χ1n) is 7.33. The highest BCUT2D eigenvalue weighted by atomic mass is 16.1. The third kappa shape index (κ3) is 10.3. The minimum atomic E-state index is -0.414. The Morgan fingerprint density at radius 3 is 2.30 bits per heavy atom. The summed E-state index contributed by atoms with van der Waals surface area (Å²) in [7, 11) is 0. The summed E-state index contributed by atoms with van der Waals surface area (Å²) in [6.45, 7) is 2.64. The van der Waals surface area contributed by atoms with Crippen LogP contribution in [0.3, 0.4) is 0 Å². The predicted octanol–water partition coefficient (Wildman–Crippen LogP) is 1.07. The molecular formula is C14H28N4O2. The smallest absolute Gasteiger partial charge is 0.218 e. The Morgan fingerprint density at radius 1 is 1.05 bits per heavy atom. The highest BCUT2D eigenvalue weighted by molar-refractivity contribution is 5.86. The Morgan fingerprint density at radius 2 is 1.75 bits per heavy atom. The van der Waals surface area contributed by atoms with E-state index >= 15 is 0 Å². The van der Waals surface area contributed by atoms with Crippen molar-refractivity contribution in [2.45, 2.75) is 58.3 Å². The van der Waals surface area contributed by atoms with Crippen LogP contribution >= 0.6 is 0 Å². The molecule has 6 N–H and O–H groups in total. The second-order valence-corrected chi connectivity index (χ2v) is 5.09. The van der Waals surface area contributed by atoms with E-state index in [0.717, 1.165) is 32.1 Å². The summed E-state index contributed by atoms with van der Waals surface area (Å²) in [5, 5.41) is 0. The van der Waals surface area contributed by atoms with Crippen LogP contribution in [-0.4, -0.2) is 24.2 Å². The number of primary amides is 1. The molecule has 0 radical (unpaired) electrons. The van der Waals surface area contributed by atoms with Gasteiger partial charge in [-0.1, -0.05) is 26.2 Å². The Hall–Kier alpha value is -1.59. The molecule has 0 spiro atoms. The average Bonchev–Trinajstić information content (AvgIpc) is 2.36. The van der Waals surface area contributed by atoms with Crippen molar-refractivity contribution >= 4 is 17.6 Å². The second-order valence-electron chi connectivity index (χ2n) is 5.09. The molecule has 0 unspecified atom stereocenters. The van der Waals surface area contributed by atoms with Gasteiger partial charge in [-0.2, -0.15) is 0 Å². The van der Waals surface area contributed by atoms with Crippen molar-refractivity contribution in [1.29, 1.82) is 0 Å². The van der Waals surface area contributed by atoms with Gasteiger partial charge in [-0.05, 0) is 19.3 Å². The van der Waals surface area contributed by atoms with Crippen LogP contribution in [0.2, 0.25) is 0 Å². The number of Topliss-reactive ketones (excluding diaryl/α,β-unsaturated/α-hetero) is 1. The van der Waals surface area contributed by atoms with Crippen LogP contribution in [0.5, 0.6) is 0 Å². The zero-order valence-corrected chi connectivity index (χ0v) is 12.4. The van der Waals surface area contributed by atoms with Gasteiger partial charge in [0.1, 0.15) is 5.78 Å². The molecule has 20 heavy (non-hydrogen) atoms. The summed E-state index contributed by atoms with van der Waals surface area (Å²) >= 11 is 0. The number of guanidine groups is 1. The van der Waals surface area contributed by atoms with Gasteiger partial charge in [0.15, 0.2) is 5.96 Å². The lowest BCUT2D eigenvalue weighted by molar-refractivity contribution is -0.128. The summed E-state index contributed by atoms with van der Waals surface area (Å²) in [4.78, 5) is 27.0. The van der Waals surface area contributed by atoms with Gasteiger partial charge in [-0.3, -0.25) is 14.6 Å². The fourth-order valence-corrected chi connectivity index (χ4v) is 2.08. The third-order valence-electron chi connectivity index (χ3n) is 3.18. The number of rotatable bonds is 12. The molecule has 0 aromatic heterocycles. The summed E-state index contributed by atoms with van der Waals surface area (Å²) in [5.41, 5.74) is 15.7. The number of hydrogen-bond donors (Lipinski definition) is 3. The fraction of sp³-hybridized carbons (Fsp3) is 0.786. The molecule has 0 rings (SSSR count). The maximum atomic E-state index is 12.1. The van der Waals surface area contributed by atoms with Crippen molar-refractivity contribution in [3.63, 3.8) is 0 Å². The number of nitrogens with zero attached hydrogens (tertiary/aromatic N) is 1. The SMILES string of the molecule is CCCCCC(=O)[C@@H](CCCCN=C(N)N)CC(N)=O. The van der Waals surface area contributed by atoms with Gasteiger partial charge in [0.05, 0.1) is 0 Å². The molecular weight excluding hydrogens is 256 g/mol. The molecule has 6 nitrogen and oxygen atoms in total. The molecule has 0 aliphatic heterocycles. The molecule has 0 heterocycles. The minimum absolute atomic E-state index is 0.0781. The molecule has 0 saturated carbocycles. The van der Waals surface area contributed by atoms with Crippen molar-refractivity contribution in [1.82, 2.24) is 0 Å². The summed E-state index contributed by atoms with van der Waals surface area (Å²) < 4.78 is 0. The summed E-state index contributed by atoms with van der Waals surface area (Å²) in [6, 6.07) is 0.